The first-order chi connectivity index (χ1) is 9.41. The molecule has 0 unspecified atom stereocenters. The molecule has 0 aliphatic rings. The van der Waals surface area contributed by atoms with Gasteiger partial charge in [-0.3, -0.25) is 4.98 Å². The number of rotatable bonds is 3. The number of aliphatic hydroxyl groups is 1. The van der Waals surface area contributed by atoms with Gasteiger partial charge in [-0.2, -0.15) is 13.2 Å². The molecule has 0 radical (unpaired) electrons. The van der Waals surface area contributed by atoms with E-state index in [0.717, 1.165) is 6.07 Å². The van der Waals surface area contributed by atoms with E-state index in [9.17, 15) is 17.6 Å². The third-order valence-electron chi connectivity index (χ3n) is 2.51. The number of ether oxygens (including phenoxy) is 1. The third kappa shape index (κ3) is 3.05. The molecule has 2 rings (SSSR count). The zero-order valence-electron chi connectivity index (χ0n) is 9.99. The fourth-order valence-corrected chi connectivity index (χ4v) is 1.54. The van der Waals surface area contributed by atoms with Crippen molar-refractivity contribution in [1.29, 1.82) is 0 Å². The van der Waals surface area contributed by atoms with Gasteiger partial charge in [-0.15, -0.1) is 0 Å². The minimum atomic E-state index is -4.81. The molecule has 1 aromatic carbocycles. The van der Waals surface area contributed by atoms with Crippen LogP contribution in [-0.2, 0) is 12.8 Å². The maximum absolute atomic E-state index is 13.1. The van der Waals surface area contributed by atoms with Gasteiger partial charge in [0.1, 0.15) is 11.6 Å². The number of halogens is 4. The minimum absolute atomic E-state index is 0.106. The van der Waals surface area contributed by atoms with Crippen molar-refractivity contribution >= 4 is 0 Å². The second-order valence-electron chi connectivity index (χ2n) is 3.88. The number of pyridine rings is 1. The molecule has 0 aliphatic carbocycles. The van der Waals surface area contributed by atoms with E-state index in [1.54, 1.807) is 0 Å². The molecule has 0 bridgehead atoms. The van der Waals surface area contributed by atoms with E-state index in [-0.39, 0.29) is 18.1 Å². The van der Waals surface area contributed by atoms with Crippen LogP contribution in [0.2, 0.25) is 0 Å². The van der Waals surface area contributed by atoms with Crippen LogP contribution in [0, 0.1) is 5.82 Å². The summed E-state index contributed by atoms with van der Waals surface area (Å²) in [5, 5.41) is 9.08. The lowest BCUT2D eigenvalue weighted by atomic mass is 10.2. The number of hydrogen-bond acceptors (Lipinski definition) is 3. The van der Waals surface area contributed by atoms with Crippen molar-refractivity contribution in [2.75, 3.05) is 0 Å². The fraction of sp³-hybridized carbons (Fsp3) is 0.154. The fourth-order valence-electron chi connectivity index (χ4n) is 1.54. The van der Waals surface area contributed by atoms with Crippen molar-refractivity contribution < 1.29 is 27.4 Å². The molecule has 3 nitrogen and oxygen atoms in total. The van der Waals surface area contributed by atoms with Gasteiger partial charge in [0.2, 0.25) is 0 Å². The van der Waals surface area contributed by atoms with Crippen molar-refractivity contribution in [1.82, 2.24) is 4.98 Å². The Morgan fingerprint density at radius 1 is 1.20 bits per heavy atom. The number of alkyl halides is 3. The van der Waals surface area contributed by atoms with Crippen LogP contribution in [0.3, 0.4) is 0 Å². The van der Waals surface area contributed by atoms with E-state index in [0.29, 0.717) is 17.7 Å². The summed E-state index contributed by atoms with van der Waals surface area (Å²) in [6.07, 6.45) is -2.15. The summed E-state index contributed by atoms with van der Waals surface area (Å²) in [6, 6.07) is 3.76. The van der Waals surface area contributed by atoms with E-state index < -0.39 is 17.6 Å². The average molecular weight is 287 g/mol. The maximum atomic E-state index is 13.1. The quantitative estimate of drug-likeness (QED) is 0.878. The lowest BCUT2D eigenvalue weighted by Gasteiger charge is -2.12. The van der Waals surface area contributed by atoms with Gasteiger partial charge in [-0.1, -0.05) is 0 Å². The zero-order chi connectivity index (χ0) is 14.8. The first kappa shape index (κ1) is 14.3. The minimum Gasteiger partial charge on any atom is -0.455 e. The van der Waals surface area contributed by atoms with Gasteiger partial charge >= 0.3 is 6.18 Å². The zero-order valence-corrected chi connectivity index (χ0v) is 9.99. The molecular formula is C13H9F4NO2. The summed E-state index contributed by atoms with van der Waals surface area (Å²) in [4.78, 5) is 3.75. The van der Waals surface area contributed by atoms with Crippen molar-refractivity contribution in [3.05, 3.63) is 53.6 Å². The number of nitrogens with zero attached hydrogens (tertiary/aromatic N) is 1. The van der Waals surface area contributed by atoms with Gasteiger partial charge in [-0.25, -0.2) is 4.39 Å². The molecule has 20 heavy (non-hydrogen) atoms. The molecule has 0 amide bonds. The largest absolute Gasteiger partial charge is 0.455 e. The molecule has 2 aromatic rings. The Kier molecular flexibility index (Phi) is 3.89. The molecule has 0 saturated carbocycles. The standard InChI is InChI=1S/C13H9F4NO2/c14-11-2-1-9(5-10(11)13(15,16)17)20-12-6-18-4-3-8(12)7-19/h1-6,19H,7H2. The Morgan fingerprint density at radius 2 is 1.95 bits per heavy atom. The monoisotopic (exact) mass is 287 g/mol. The Bertz CT molecular complexity index is 614. The molecule has 0 spiro atoms. The molecule has 106 valence electrons. The molecule has 0 atom stereocenters. The van der Waals surface area contributed by atoms with Crippen LogP contribution in [0.25, 0.3) is 0 Å². The smallest absolute Gasteiger partial charge is 0.419 e. The number of aliphatic hydroxyl groups excluding tert-OH is 1. The Morgan fingerprint density at radius 3 is 2.60 bits per heavy atom. The van der Waals surface area contributed by atoms with E-state index in [1.807, 2.05) is 0 Å². The van der Waals surface area contributed by atoms with Gasteiger partial charge in [0.25, 0.3) is 0 Å². The van der Waals surface area contributed by atoms with Crippen LogP contribution in [0.1, 0.15) is 11.1 Å². The average Bonchev–Trinajstić information content (AvgIpc) is 2.40. The van der Waals surface area contributed by atoms with E-state index in [4.69, 9.17) is 9.84 Å². The maximum Gasteiger partial charge on any atom is 0.419 e. The molecule has 1 aromatic heterocycles. The van der Waals surface area contributed by atoms with E-state index >= 15 is 0 Å². The Labute approximate surface area is 111 Å². The summed E-state index contributed by atoms with van der Waals surface area (Å²) < 4.78 is 56.0. The summed E-state index contributed by atoms with van der Waals surface area (Å²) in [5.74, 6) is -1.46. The van der Waals surface area contributed by atoms with Crippen LogP contribution in [-0.4, -0.2) is 10.1 Å². The predicted molar refractivity (Wildman–Crippen MR) is 61.6 cm³/mol. The van der Waals surface area contributed by atoms with Gasteiger partial charge in [0, 0.05) is 11.8 Å². The first-order valence-electron chi connectivity index (χ1n) is 5.50. The first-order valence-corrected chi connectivity index (χ1v) is 5.50. The lowest BCUT2D eigenvalue weighted by molar-refractivity contribution is -0.140. The van der Waals surface area contributed by atoms with Gasteiger partial charge in [0.05, 0.1) is 18.4 Å². The van der Waals surface area contributed by atoms with Crippen LogP contribution >= 0.6 is 0 Å². The van der Waals surface area contributed by atoms with Crippen LogP contribution < -0.4 is 4.74 Å². The molecular weight excluding hydrogens is 278 g/mol. The second kappa shape index (κ2) is 5.46. The summed E-state index contributed by atoms with van der Waals surface area (Å²) >= 11 is 0. The summed E-state index contributed by atoms with van der Waals surface area (Å²) in [6.45, 7) is -0.356. The lowest BCUT2D eigenvalue weighted by Crippen LogP contribution is -2.08. The molecule has 0 fully saturated rings. The van der Waals surface area contributed by atoms with Crippen molar-refractivity contribution in [3.63, 3.8) is 0 Å². The van der Waals surface area contributed by atoms with Gasteiger partial charge < -0.3 is 9.84 Å². The molecule has 1 N–H and O–H groups in total. The van der Waals surface area contributed by atoms with Crippen LogP contribution in [0.5, 0.6) is 11.5 Å². The summed E-state index contributed by atoms with van der Waals surface area (Å²) in [5.41, 5.74) is -1.05. The molecule has 7 heteroatoms. The SMILES string of the molecule is OCc1ccncc1Oc1ccc(F)c(C(F)(F)F)c1. The highest BCUT2D eigenvalue weighted by Crippen LogP contribution is 2.35. The van der Waals surface area contributed by atoms with E-state index in [1.165, 1.54) is 18.5 Å². The molecule has 0 aliphatic heterocycles. The van der Waals surface area contributed by atoms with Crippen molar-refractivity contribution in [3.8, 4) is 11.5 Å². The number of benzene rings is 1. The summed E-state index contributed by atoms with van der Waals surface area (Å²) in [7, 11) is 0. The van der Waals surface area contributed by atoms with Gasteiger partial charge in [-0.05, 0) is 24.3 Å². The van der Waals surface area contributed by atoms with E-state index in [2.05, 4.69) is 4.98 Å². The van der Waals surface area contributed by atoms with Crippen LogP contribution in [0.15, 0.2) is 36.7 Å². The van der Waals surface area contributed by atoms with Crippen LogP contribution in [0.4, 0.5) is 17.6 Å². The van der Waals surface area contributed by atoms with Crippen molar-refractivity contribution in [2.24, 2.45) is 0 Å². The van der Waals surface area contributed by atoms with Crippen molar-refractivity contribution in [2.45, 2.75) is 12.8 Å². The predicted octanol–water partition coefficient (Wildman–Crippen LogP) is 3.52. The number of hydrogen-bond donors (Lipinski definition) is 1. The Hall–Kier alpha value is -2.15. The highest BCUT2D eigenvalue weighted by atomic mass is 19.4. The highest BCUT2D eigenvalue weighted by Gasteiger charge is 2.34. The Balaban J connectivity index is 2.35. The second-order valence-corrected chi connectivity index (χ2v) is 3.88. The van der Waals surface area contributed by atoms with Gasteiger partial charge in [0.15, 0.2) is 5.75 Å². The topological polar surface area (TPSA) is 42.4 Å². The third-order valence-corrected chi connectivity index (χ3v) is 2.51. The highest BCUT2D eigenvalue weighted by molar-refractivity contribution is 5.38. The normalized spacial score (nSPS) is 11.4. The molecule has 1 heterocycles. The number of aromatic nitrogens is 1. The molecule has 0 saturated heterocycles.